The molecule has 3 heteroatoms. The third-order valence-electron chi connectivity index (χ3n) is 2.87. The van der Waals surface area contributed by atoms with Gasteiger partial charge in [0.25, 0.3) is 0 Å². The summed E-state index contributed by atoms with van der Waals surface area (Å²) in [5.74, 6) is 0.890. The van der Waals surface area contributed by atoms with Crippen molar-refractivity contribution in [3.05, 3.63) is 23.8 Å². The molecule has 15 heavy (non-hydrogen) atoms. The zero-order chi connectivity index (χ0) is 10.8. The Morgan fingerprint density at radius 1 is 1.33 bits per heavy atom. The van der Waals surface area contributed by atoms with Crippen LogP contribution in [-0.4, -0.2) is 20.3 Å². The number of fused-ring (bicyclic) bond motifs is 1. The number of hydrogen-bond donors (Lipinski definition) is 1. The van der Waals surface area contributed by atoms with Crippen molar-refractivity contribution in [2.45, 2.75) is 25.5 Å². The van der Waals surface area contributed by atoms with Crippen molar-refractivity contribution in [1.29, 1.82) is 0 Å². The Labute approximate surface area is 90.4 Å². The van der Waals surface area contributed by atoms with E-state index in [2.05, 4.69) is 18.3 Å². The second kappa shape index (κ2) is 4.11. The highest BCUT2D eigenvalue weighted by Crippen LogP contribution is 2.39. The molecule has 2 atom stereocenters. The number of methoxy groups -OCH3 is 2. The smallest absolute Gasteiger partial charge is 0.142 e. The first-order valence-electron chi connectivity index (χ1n) is 5.22. The largest absolute Gasteiger partial charge is 0.495 e. The fraction of sp³-hybridized carbons (Fsp3) is 0.500. The molecular weight excluding hydrogens is 190 g/mol. The molecule has 0 saturated heterocycles. The van der Waals surface area contributed by atoms with Crippen LogP contribution in [0.4, 0.5) is 5.69 Å². The zero-order valence-corrected chi connectivity index (χ0v) is 9.41. The van der Waals surface area contributed by atoms with Gasteiger partial charge in [-0.2, -0.15) is 0 Å². The number of hydrogen-bond acceptors (Lipinski definition) is 3. The van der Waals surface area contributed by atoms with Gasteiger partial charge in [0.1, 0.15) is 5.75 Å². The highest BCUT2D eigenvalue weighted by atomic mass is 16.5. The molecule has 0 aliphatic carbocycles. The second-order valence-electron chi connectivity index (χ2n) is 3.93. The van der Waals surface area contributed by atoms with Crippen LogP contribution in [0.3, 0.4) is 0 Å². The zero-order valence-electron chi connectivity index (χ0n) is 9.41. The monoisotopic (exact) mass is 207 g/mol. The van der Waals surface area contributed by atoms with Crippen molar-refractivity contribution in [1.82, 2.24) is 0 Å². The first-order valence-corrected chi connectivity index (χ1v) is 5.22. The first-order chi connectivity index (χ1) is 7.26. The Morgan fingerprint density at radius 2 is 2.13 bits per heavy atom. The van der Waals surface area contributed by atoms with E-state index >= 15 is 0 Å². The number of para-hydroxylation sites is 1. The van der Waals surface area contributed by atoms with Crippen LogP contribution in [0.1, 0.15) is 25.0 Å². The maximum absolute atomic E-state index is 5.49. The molecule has 2 rings (SSSR count). The highest BCUT2D eigenvalue weighted by molar-refractivity contribution is 5.64. The lowest BCUT2D eigenvalue weighted by molar-refractivity contribution is 0.0891. The fourth-order valence-corrected chi connectivity index (χ4v) is 2.12. The number of nitrogens with one attached hydrogen (secondary N) is 1. The van der Waals surface area contributed by atoms with Crippen LogP contribution in [0.5, 0.6) is 5.75 Å². The van der Waals surface area contributed by atoms with Crippen LogP contribution >= 0.6 is 0 Å². The summed E-state index contributed by atoms with van der Waals surface area (Å²) in [6.45, 7) is 2.15. The summed E-state index contributed by atoms with van der Waals surface area (Å²) in [6, 6.07) is 6.47. The van der Waals surface area contributed by atoms with Gasteiger partial charge in [-0.25, -0.2) is 0 Å². The molecule has 1 aliphatic rings. The molecule has 0 radical (unpaired) electrons. The Balaban J connectivity index is 2.45. The molecule has 2 unspecified atom stereocenters. The average molecular weight is 207 g/mol. The Morgan fingerprint density at radius 3 is 2.80 bits per heavy atom. The number of anilines is 1. The summed E-state index contributed by atoms with van der Waals surface area (Å²) >= 11 is 0. The lowest BCUT2D eigenvalue weighted by Crippen LogP contribution is -2.26. The summed E-state index contributed by atoms with van der Waals surface area (Å²) < 4.78 is 10.8. The number of benzene rings is 1. The standard InChI is InChI=1S/C12H17NO2/c1-8-7-11(15-3)9-5-4-6-10(14-2)12(9)13-8/h4-6,8,11,13H,7H2,1-3H3. The van der Waals surface area contributed by atoms with Crippen LogP contribution in [0.25, 0.3) is 0 Å². The van der Waals surface area contributed by atoms with Gasteiger partial charge in [-0.15, -0.1) is 0 Å². The van der Waals surface area contributed by atoms with Crippen molar-refractivity contribution < 1.29 is 9.47 Å². The van der Waals surface area contributed by atoms with Gasteiger partial charge in [-0.1, -0.05) is 12.1 Å². The molecule has 3 nitrogen and oxygen atoms in total. The minimum atomic E-state index is 0.173. The summed E-state index contributed by atoms with van der Waals surface area (Å²) in [6.07, 6.45) is 1.17. The summed E-state index contributed by atoms with van der Waals surface area (Å²) in [7, 11) is 3.45. The van der Waals surface area contributed by atoms with E-state index in [-0.39, 0.29) is 6.10 Å². The molecule has 1 aromatic rings. The van der Waals surface area contributed by atoms with Crippen LogP contribution in [0, 0.1) is 0 Å². The SMILES string of the molecule is COc1cccc2c1NC(C)CC2OC. The normalized spacial score (nSPS) is 24.2. The van der Waals surface area contributed by atoms with E-state index in [0.717, 1.165) is 17.9 Å². The maximum atomic E-state index is 5.49. The fourth-order valence-electron chi connectivity index (χ4n) is 2.12. The van der Waals surface area contributed by atoms with E-state index in [1.807, 2.05) is 12.1 Å². The third kappa shape index (κ3) is 1.79. The number of ether oxygens (including phenoxy) is 2. The molecule has 82 valence electrons. The molecular formula is C12H17NO2. The van der Waals surface area contributed by atoms with Crippen LogP contribution in [0.15, 0.2) is 18.2 Å². The Kier molecular flexibility index (Phi) is 2.82. The topological polar surface area (TPSA) is 30.5 Å². The van der Waals surface area contributed by atoms with Gasteiger partial charge < -0.3 is 14.8 Å². The van der Waals surface area contributed by atoms with Crippen molar-refractivity contribution in [2.24, 2.45) is 0 Å². The van der Waals surface area contributed by atoms with Gasteiger partial charge in [-0.05, 0) is 19.4 Å². The molecule has 0 spiro atoms. The van der Waals surface area contributed by atoms with Crippen molar-refractivity contribution in [3.8, 4) is 5.75 Å². The van der Waals surface area contributed by atoms with Gasteiger partial charge in [-0.3, -0.25) is 0 Å². The molecule has 0 aromatic heterocycles. The lowest BCUT2D eigenvalue weighted by Gasteiger charge is -2.31. The minimum Gasteiger partial charge on any atom is -0.495 e. The summed E-state index contributed by atoms with van der Waals surface area (Å²) in [4.78, 5) is 0. The molecule has 1 N–H and O–H groups in total. The number of rotatable bonds is 2. The van der Waals surface area contributed by atoms with Gasteiger partial charge in [0.15, 0.2) is 0 Å². The molecule has 0 saturated carbocycles. The average Bonchev–Trinajstić information content (AvgIpc) is 2.27. The summed E-state index contributed by atoms with van der Waals surface area (Å²) in [5.41, 5.74) is 2.26. The predicted octanol–water partition coefficient (Wildman–Crippen LogP) is 2.59. The van der Waals surface area contributed by atoms with E-state index in [1.54, 1.807) is 14.2 Å². The molecule has 1 aromatic carbocycles. The maximum Gasteiger partial charge on any atom is 0.142 e. The van der Waals surface area contributed by atoms with Crippen LogP contribution < -0.4 is 10.1 Å². The molecule has 0 bridgehead atoms. The third-order valence-corrected chi connectivity index (χ3v) is 2.87. The highest BCUT2D eigenvalue weighted by Gasteiger charge is 2.25. The van der Waals surface area contributed by atoms with Gasteiger partial charge >= 0.3 is 0 Å². The summed E-state index contributed by atoms with van der Waals surface area (Å²) in [5, 5.41) is 3.44. The van der Waals surface area contributed by atoms with Gasteiger partial charge in [0.05, 0.1) is 18.9 Å². The second-order valence-corrected chi connectivity index (χ2v) is 3.93. The molecule has 1 heterocycles. The van der Waals surface area contributed by atoms with E-state index in [0.29, 0.717) is 6.04 Å². The van der Waals surface area contributed by atoms with E-state index in [4.69, 9.17) is 9.47 Å². The lowest BCUT2D eigenvalue weighted by atomic mass is 9.95. The van der Waals surface area contributed by atoms with E-state index in [9.17, 15) is 0 Å². The molecule has 0 fully saturated rings. The van der Waals surface area contributed by atoms with Crippen LogP contribution in [-0.2, 0) is 4.74 Å². The Bertz CT molecular complexity index is 351. The van der Waals surface area contributed by atoms with Crippen molar-refractivity contribution in [2.75, 3.05) is 19.5 Å². The predicted molar refractivity (Wildman–Crippen MR) is 60.4 cm³/mol. The van der Waals surface area contributed by atoms with Crippen molar-refractivity contribution in [3.63, 3.8) is 0 Å². The van der Waals surface area contributed by atoms with Crippen LogP contribution in [0.2, 0.25) is 0 Å². The van der Waals surface area contributed by atoms with Gasteiger partial charge in [0.2, 0.25) is 0 Å². The molecule has 1 aliphatic heterocycles. The van der Waals surface area contributed by atoms with E-state index in [1.165, 1.54) is 5.56 Å². The first kappa shape index (κ1) is 10.3. The van der Waals surface area contributed by atoms with Crippen molar-refractivity contribution >= 4 is 5.69 Å². The minimum absolute atomic E-state index is 0.173. The molecule has 0 amide bonds. The van der Waals surface area contributed by atoms with E-state index < -0.39 is 0 Å². The Hall–Kier alpha value is -1.22. The van der Waals surface area contributed by atoms with Gasteiger partial charge in [0, 0.05) is 18.7 Å². The quantitative estimate of drug-likeness (QED) is 0.808.